The number of ether oxygens (including phenoxy) is 2. The number of alkyl halides is 6. The molecule has 0 aliphatic heterocycles. The monoisotopic (exact) mass is 1250 g/mol. The third-order valence-corrected chi connectivity index (χ3v) is 12.6. The number of amides is 2. The number of carboxylic acid groups (broad SMARTS) is 2. The number of rotatable bonds is 24. The van der Waals surface area contributed by atoms with Crippen molar-refractivity contribution in [3.8, 4) is 11.8 Å². The fourth-order valence-corrected chi connectivity index (χ4v) is 8.46. The van der Waals surface area contributed by atoms with Crippen molar-refractivity contribution in [2.45, 2.75) is 25.2 Å². The number of carbonyl (C=O) groups excluding carboxylic acids is 2. The van der Waals surface area contributed by atoms with Crippen molar-refractivity contribution in [2.75, 3.05) is 67.6 Å². The molecule has 0 spiro atoms. The van der Waals surface area contributed by atoms with E-state index >= 15 is 0 Å². The summed E-state index contributed by atoms with van der Waals surface area (Å²) in [5.41, 5.74) is 3.71. The highest BCUT2D eigenvalue weighted by Crippen LogP contribution is 2.42. The Bertz CT molecular complexity index is 3600. The highest BCUT2D eigenvalue weighted by Gasteiger charge is 2.33. The lowest BCUT2D eigenvalue weighted by Crippen LogP contribution is -2.22. The molecule has 18 nitrogen and oxygen atoms in total. The molecule has 8 rings (SSSR count). The zero-order valence-electron chi connectivity index (χ0n) is 48.9. The lowest BCUT2D eigenvalue weighted by Gasteiger charge is -2.19. The summed E-state index contributed by atoms with van der Waals surface area (Å²) in [6, 6.07) is 32.3. The van der Waals surface area contributed by atoms with E-state index in [1.54, 1.807) is 150 Å². The van der Waals surface area contributed by atoms with Gasteiger partial charge in [-0.15, -0.1) is 0 Å². The number of halogens is 8. The number of nitrogens with one attached hydrogen (secondary N) is 4. The molecular weight excluding hydrogens is 1190 g/mol. The molecule has 8 aromatic rings. The smallest absolute Gasteiger partial charge is 0.393 e. The Morgan fingerprint density at radius 3 is 1.20 bits per heavy atom. The highest BCUT2D eigenvalue weighted by atomic mass is 19.4. The van der Waals surface area contributed by atoms with Gasteiger partial charge in [-0.3, -0.25) is 19.8 Å². The molecule has 0 unspecified atom stereocenters. The van der Waals surface area contributed by atoms with Gasteiger partial charge in [0.25, 0.3) is 0 Å². The summed E-state index contributed by atoms with van der Waals surface area (Å²) >= 11 is 0. The fourth-order valence-electron chi connectivity index (χ4n) is 8.46. The van der Waals surface area contributed by atoms with E-state index in [2.05, 4.69) is 41.0 Å². The number of allylic oxidation sites excluding steroid dienone is 2. The van der Waals surface area contributed by atoms with Crippen LogP contribution >= 0.6 is 0 Å². The summed E-state index contributed by atoms with van der Waals surface area (Å²) in [5.74, 6) is -3.49. The van der Waals surface area contributed by atoms with E-state index in [9.17, 15) is 54.3 Å². The Morgan fingerprint density at radius 2 is 0.878 bits per heavy atom. The van der Waals surface area contributed by atoms with Crippen LogP contribution in [0.4, 0.5) is 35.1 Å². The number of aromatic nitrogens is 6. The Balaban J connectivity index is 0.000000255. The lowest BCUT2D eigenvalue weighted by atomic mass is 9.88. The first-order valence-corrected chi connectivity index (χ1v) is 27.4. The van der Waals surface area contributed by atoms with E-state index in [1.165, 1.54) is 46.5 Å². The van der Waals surface area contributed by atoms with Gasteiger partial charge in [-0.2, -0.15) is 45.3 Å². The summed E-state index contributed by atoms with van der Waals surface area (Å²) in [6.07, 6.45) is -1.02. The van der Waals surface area contributed by atoms with Crippen molar-refractivity contribution in [3.63, 3.8) is 0 Å². The standard InChI is InChI=1S/2C30H29F4N5O2.C4H4O4/c2*1-39(2)27(40)9-6-14-35-15-16-41-26-13-11-22(19-36-26)28(21-10-12-25-23(17-21)29(31)38-37-25)24(18-30(32,33)34)20-7-4-3-5-8-20;5-3(6)1-2-4(7)8/h2*3-13,17,19,35H,14-16,18H2,1-2H3,(H,37,38);1-2H,(H,5,6)(H,7,8)/b2*9-6+,28-24-;2-1+. The van der Waals surface area contributed by atoms with Crippen LogP contribution in [-0.2, 0) is 19.2 Å². The van der Waals surface area contributed by atoms with Crippen LogP contribution in [-0.4, -0.2) is 154 Å². The summed E-state index contributed by atoms with van der Waals surface area (Å²) in [4.78, 5) is 53.8. The Kier molecular flexibility index (Phi) is 25.3. The van der Waals surface area contributed by atoms with E-state index in [1.807, 2.05) is 0 Å². The van der Waals surface area contributed by atoms with E-state index < -0.39 is 49.0 Å². The lowest BCUT2D eigenvalue weighted by molar-refractivity contribution is -0.134. The average molecular weight is 1250 g/mol. The van der Waals surface area contributed by atoms with Crippen molar-refractivity contribution < 1.29 is 74.0 Å². The first-order valence-electron chi connectivity index (χ1n) is 27.4. The Hall–Kier alpha value is -10.3. The van der Waals surface area contributed by atoms with Gasteiger partial charge >= 0.3 is 24.3 Å². The number of fused-ring (bicyclic) bond motifs is 2. The zero-order valence-corrected chi connectivity index (χ0v) is 48.9. The van der Waals surface area contributed by atoms with Crippen LogP contribution < -0.4 is 20.1 Å². The fraction of sp³-hybridized carbons (Fsp3) is 0.219. The van der Waals surface area contributed by atoms with Crippen LogP contribution in [0.5, 0.6) is 11.8 Å². The third-order valence-electron chi connectivity index (χ3n) is 12.6. The largest absolute Gasteiger partial charge is 0.478 e. The quantitative estimate of drug-likeness (QED) is 0.0143. The predicted molar refractivity (Wildman–Crippen MR) is 323 cm³/mol. The molecule has 0 saturated heterocycles. The van der Waals surface area contributed by atoms with Gasteiger partial charge in [0.05, 0.1) is 34.6 Å². The summed E-state index contributed by atoms with van der Waals surface area (Å²) in [6.45, 7) is 2.48. The van der Waals surface area contributed by atoms with Gasteiger partial charge in [-0.25, -0.2) is 19.6 Å². The van der Waals surface area contributed by atoms with Crippen LogP contribution in [0.3, 0.4) is 0 Å². The van der Waals surface area contributed by atoms with Gasteiger partial charge in [-0.05, 0) is 80.9 Å². The van der Waals surface area contributed by atoms with Crippen molar-refractivity contribution >= 4 is 67.9 Å². The molecule has 0 saturated carbocycles. The number of carboxylic acids is 2. The summed E-state index contributed by atoms with van der Waals surface area (Å²) < 4.78 is 123. The molecule has 0 bridgehead atoms. The molecular formula is C64H62F8N10O8. The van der Waals surface area contributed by atoms with Crippen molar-refractivity contribution in [3.05, 3.63) is 215 Å². The molecule has 0 aliphatic carbocycles. The first kappa shape index (κ1) is 68.8. The number of aromatic amines is 2. The van der Waals surface area contributed by atoms with E-state index in [0.717, 1.165) is 0 Å². The van der Waals surface area contributed by atoms with Gasteiger partial charge in [0, 0.05) is 114 Å². The number of aliphatic carboxylic acids is 2. The minimum atomic E-state index is -4.50. The van der Waals surface area contributed by atoms with Gasteiger partial charge < -0.3 is 40.1 Å². The van der Waals surface area contributed by atoms with Crippen LogP contribution in [0.2, 0.25) is 0 Å². The molecule has 0 aliphatic rings. The maximum atomic E-state index is 14.4. The number of nitrogens with zero attached hydrogens (tertiary/aromatic N) is 6. The van der Waals surface area contributed by atoms with Crippen LogP contribution in [0, 0.1) is 11.9 Å². The molecule has 6 N–H and O–H groups in total. The molecule has 0 atom stereocenters. The molecule has 2 amide bonds. The molecule has 0 radical (unpaired) electrons. The zero-order chi connectivity index (χ0) is 65.4. The van der Waals surface area contributed by atoms with Crippen molar-refractivity contribution in [1.82, 2.24) is 50.8 Å². The van der Waals surface area contributed by atoms with Gasteiger partial charge in [0.15, 0.2) is 0 Å². The normalized spacial score (nSPS) is 12.3. The van der Waals surface area contributed by atoms with E-state index in [-0.39, 0.29) is 58.1 Å². The topological polar surface area (TPSA) is 241 Å². The second kappa shape index (κ2) is 33.1. The minimum Gasteiger partial charge on any atom is -0.478 e. The van der Waals surface area contributed by atoms with Crippen molar-refractivity contribution in [1.29, 1.82) is 0 Å². The number of likely N-dealkylation sites (N-methyl/N-ethyl adjacent to an activating group) is 2. The molecule has 4 aromatic carbocycles. The van der Waals surface area contributed by atoms with Gasteiger partial charge in [0.1, 0.15) is 13.2 Å². The number of carbonyl (C=O) groups is 4. The number of H-pyrrole nitrogens is 2. The Morgan fingerprint density at radius 1 is 0.511 bits per heavy atom. The minimum absolute atomic E-state index is 0.0295. The number of hydrogen-bond donors (Lipinski definition) is 6. The second-order valence-electron chi connectivity index (χ2n) is 19.7. The molecule has 26 heteroatoms. The molecule has 4 heterocycles. The molecule has 472 valence electrons. The SMILES string of the molecule is CN(C)C(=O)/C=C/CNCCOc1ccc(/C(=C(/CC(F)(F)F)c2ccccc2)c2ccc3n[nH]c(F)c3c2)cn1.CN(C)C(=O)/C=C/CNCCOc1ccc(/C(=C(/CC(F)(F)F)c2ccccc2)c2ccc3n[nH]c(F)c3c2)cn1.O=C(O)/C=C/C(=O)O. The van der Waals surface area contributed by atoms with E-state index in [4.69, 9.17) is 19.7 Å². The van der Waals surface area contributed by atoms with Crippen molar-refractivity contribution in [2.24, 2.45) is 0 Å². The van der Waals surface area contributed by atoms with Crippen LogP contribution in [0.1, 0.15) is 46.2 Å². The second-order valence-corrected chi connectivity index (χ2v) is 19.7. The van der Waals surface area contributed by atoms with Gasteiger partial charge in [-0.1, -0.05) is 84.9 Å². The number of benzene rings is 4. The van der Waals surface area contributed by atoms with Crippen LogP contribution in [0.15, 0.2) is 170 Å². The number of pyridine rings is 2. The molecule has 4 aromatic heterocycles. The summed E-state index contributed by atoms with van der Waals surface area (Å²) in [7, 11) is 6.67. The Labute approximate surface area is 511 Å². The molecule has 0 fully saturated rings. The molecule has 90 heavy (non-hydrogen) atoms. The maximum absolute atomic E-state index is 14.4. The van der Waals surface area contributed by atoms with Crippen LogP contribution in [0.25, 0.3) is 44.1 Å². The average Bonchev–Trinajstić information content (AvgIpc) is 1.25. The first-order chi connectivity index (χ1) is 42.9. The summed E-state index contributed by atoms with van der Waals surface area (Å²) in [5, 5.41) is 34.5. The third kappa shape index (κ3) is 21.8. The highest BCUT2D eigenvalue weighted by molar-refractivity contribution is 6.02. The predicted octanol–water partition coefficient (Wildman–Crippen LogP) is 11.0. The van der Waals surface area contributed by atoms with Gasteiger partial charge in [0.2, 0.25) is 35.5 Å². The number of hydrogen-bond acceptors (Lipinski definition) is 12. The maximum Gasteiger partial charge on any atom is 0.393 e. The van der Waals surface area contributed by atoms with E-state index in [0.29, 0.717) is 94.5 Å².